The van der Waals surface area contributed by atoms with Gasteiger partial charge in [0.15, 0.2) is 0 Å². The van der Waals surface area contributed by atoms with Crippen LogP contribution in [0.5, 0.6) is 0 Å². The van der Waals surface area contributed by atoms with E-state index in [1.807, 2.05) is 0 Å². The molecule has 0 aliphatic carbocycles. The molecule has 1 aromatic rings. The van der Waals surface area contributed by atoms with Crippen LogP contribution < -0.4 is 5.32 Å². The molecule has 0 bridgehead atoms. The van der Waals surface area contributed by atoms with Crippen molar-refractivity contribution in [2.24, 2.45) is 0 Å². The van der Waals surface area contributed by atoms with E-state index in [1.165, 1.54) is 0 Å². The molecule has 2 rings (SSSR count). The summed E-state index contributed by atoms with van der Waals surface area (Å²) in [4.78, 5) is 14.1. The number of hydrogen-bond acceptors (Lipinski definition) is 4. The molecule has 2 N–H and O–H groups in total. The topological polar surface area (TPSA) is 70.2 Å². The van der Waals surface area contributed by atoms with Crippen LogP contribution in [0.3, 0.4) is 0 Å². The summed E-state index contributed by atoms with van der Waals surface area (Å²) >= 11 is 3.27. The van der Waals surface area contributed by atoms with Crippen molar-refractivity contribution in [2.45, 2.75) is 26.1 Å². The van der Waals surface area contributed by atoms with Gasteiger partial charge in [0.25, 0.3) is 5.91 Å². The van der Waals surface area contributed by atoms with Crippen LogP contribution in [0.1, 0.15) is 24.3 Å². The molecule has 0 spiro atoms. The Kier molecular flexibility index (Phi) is 4.95. The molecular formula is C12H19BrN4O2. The SMILES string of the molecule is C[C@@H]1CN(CCNC(=O)c2[nH]ncc2Br)C[C@H](C)O1. The monoisotopic (exact) mass is 330 g/mol. The van der Waals surface area contributed by atoms with E-state index in [2.05, 4.69) is 50.2 Å². The molecule has 1 aliphatic heterocycles. The van der Waals surface area contributed by atoms with Gasteiger partial charge in [-0.1, -0.05) is 0 Å². The fraction of sp³-hybridized carbons (Fsp3) is 0.667. The van der Waals surface area contributed by atoms with Crippen molar-refractivity contribution >= 4 is 21.8 Å². The zero-order valence-electron chi connectivity index (χ0n) is 11.1. The third-order valence-electron chi connectivity index (χ3n) is 3.03. The highest BCUT2D eigenvalue weighted by atomic mass is 79.9. The second-order valence-electron chi connectivity index (χ2n) is 4.87. The van der Waals surface area contributed by atoms with Crippen molar-refractivity contribution in [1.82, 2.24) is 20.4 Å². The van der Waals surface area contributed by atoms with Crippen LogP contribution in [0.15, 0.2) is 10.7 Å². The van der Waals surface area contributed by atoms with E-state index in [4.69, 9.17) is 4.74 Å². The molecule has 0 saturated carbocycles. The van der Waals surface area contributed by atoms with E-state index < -0.39 is 0 Å². The molecule has 0 aromatic carbocycles. The molecule has 106 valence electrons. The maximum Gasteiger partial charge on any atom is 0.270 e. The number of nitrogens with zero attached hydrogens (tertiary/aromatic N) is 2. The van der Waals surface area contributed by atoms with Gasteiger partial charge in [-0.25, -0.2) is 0 Å². The standard InChI is InChI=1S/C12H19BrN4O2/c1-8-6-17(7-9(2)19-8)4-3-14-12(18)11-10(13)5-15-16-11/h5,8-9H,3-4,6-7H2,1-2H3,(H,14,18)(H,15,16)/t8-,9+. The van der Waals surface area contributed by atoms with E-state index in [0.717, 1.165) is 19.6 Å². The lowest BCUT2D eigenvalue weighted by Crippen LogP contribution is -2.47. The van der Waals surface area contributed by atoms with Crippen molar-refractivity contribution < 1.29 is 9.53 Å². The first kappa shape index (κ1) is 14.5. The van der Waals surface area contributed by atoms with Gasteiger partial charge in [0.1, 0.15) is 5.69 Å². The Morgan fingerprint density at radius 3 is 2.84 bits per heavy atom. The number of ether oxygens (including phenoxy) is 1. The molecule has 1 aliphatic rings. The highest BCUT2D eigenvalue weighted by molar-refractivity contribution is 9.10. The zero-order chi connectivity index (χ0) is 13.8. The van der Waals surface area contributed by atoms with E-state index >= 15 is 0 Å². The van der Waals surface area contributed by atoms with Crippen LogP contribution >= 0.6 is 15.9 Å². The van der Waals surface area contributed by atoms with Gasteiger partial charge in [-0.15, -0.1) is 0 Å². The zero-order valence-corrected chi connectivity index (χ0v) is 12.7. The van der Waals surface area contributed by atoms with Crippen molar-refractivity contribution in [3.05, 3.63) is 16.4 Å². The summed E-state index contributed by atoms with van der Waals surface area (Å²) in [5, 5.41) is 9.35. The highest BCUT2D eigenvalue weighted by Crippen LogP contribution is 2.12. The van der Waals surface area contributed by atoms with Crippen LogP contribution in [0.25, 0.3) is 0 Å². The molecular weight excluding hydrogens is 312 g/mol. The Balaban J connectivity index is 1.75. The summed E-state index contributed by atoms with van der Waals surface area (Å²) < 4.78 is 6.35. The summed E-state index contributed by atoms with van der Waals surface area (Å²) in [5.74, 6) is -0.140. The minimum Gasteiger partial charge on any atom is -0.373 e. The number of amides is 1. The summed E-state index contributed by atoms with van der Waals surface area (Å²) in [5.41, 5.74) is 0.462. The Labute approximate surface area is 121 Å². The largest absolute Gasteiger partial charge is 0.373 e. The van der Waals surface area contributed by atoms with Gasteiger partial charge in [-0.3, -0.25) is 14.8 Å². The molecule has 6 nitrogen and oxygen atoms in total. The van der Waals surface area contributed by atoms with Crippen molar-refractivity contribution in [3.8, 4) is 0 Å². The Morgan fingerprint density at radius 2 is 2.26 bits per heavy atom. The van der Waals surface area contributed by atoms with Gasteiger partial charge in [0, 0.05) is 26.2 Å². The van der Waals surface area contributed by atoms with E-state index in [9.17, 15) is 4.79 Å². The lowest BCUT2D eigenvalue weighted by molar-refractivity contribution is -0.0672. The fourth-order valence-corrected chi connectivity index (χ4v) is 2.68. The lowest BCUT2D eigenvalue weighted by atomic mass is 10.2. The minimum atomic E-state index is -0.140. The van der Waals surface area contributed by atoms with Gasteiger partial charge in [-0.05, 0) is 29.8 Å². The molecule has 0 radical (unpaired) electrons. The summed E-state index contributed by atoms with van der Waals surface area (Å²) in [6, 6.07) is 0. The smallest absolute Gasteiger partial charge is 0.270 e. The average molecular weight is 331 g/mol. The molecule has 0 unspecified atom stereocenters. The molecule has 7 heteroatoms. The van der Waals surface area contributed by atoms with Crippen LogP contribution in [-0.2, 0) is 4.74 Å². The Morgan fingerprint density at radius 1 is 1.58 bits per heavy atom. The van der Waals surface area contributed by atoms with E-state index in [1.54, 1.807) is 6.20 Å². The first-order chi connectivity index (χ1) is 9.06. The van der Waals surface area contributed by atoms with E-state index in [0.29, 0.717) is 16.7 Å². The number of H-pyrrole nitrogens is 1. The summed E-state index contributed by atoms with van der Waals surface area (Å²) in [7, 11) is 0. The quantitative estimate of drug-likeness (QED) is 0.864. The molecule has 2 heterocycles. The number of carbonyl (C=O) groups excluding carboxylic acids is 1. The van der Waals surface area contributed by atoms with Gasteiger partial charge >= 0.3 is 0 Å². The van der Waals surface area contributed by atoms with Crippen molar-refractivity contribution in [1.29, 1.82) is 0 Å². The molecule has 1 saturated heterocycles. The van der Waals surface area contributed by atoms with Crippen molar-refractivity contribution in [3.63, 3.8) is 0 Å². The highest BCUT2D eigenvalue weighted by Gasteiger charge is 2.21. The van der Waals surface area contributed by atoms with Crippen molar-refractivity contribution in [2.75, 3.05) is 26.2 Å². The molecule has 1 amide bonds. The number of aromatic nitrogens is 2. The van der Waals surface area contributed by atoms with Gasteiger partial charge in [-0.2, -0.15) is 5.10 Å². The Bertz CT molecular complexity index is 427. The lowest BCUT2D eigenvalue weighted by Gasteiger charge is -2.35. The predicted octanol–water partition coefficient (Wildman–Crippen LogP) is 1.01. The number of halogens is 1. The maximum absolute atomic E-state index is 11.8. The normalized spacial score (nSPS) is 24.4. The van der Waals surface area contributed by atoms with Crippen LogP contribution in [0.4, 0.5) is 0 Å². The maximum atomic E-state index is 11.8. The predicted molar refractivity (Wildman–Crippen MR) is 75.1 cm³/mol. The molecule has 1 fully saturated rings. The van der Waals surface area contributed by atoms with E-state index in [-0.39, 0.29) is 18.1 Å². The van der Waals surface area contributed by atoms with Crippen LogP contribution in [-0.4, -0.2) is 59.4 Å². The molecule has 19 heavy (non-hydrogen) atoms. The fourth-order valence-electron chi connectivity index (χ4n) is 2.31. The molecule has 2 atom stereocenters. The van der Waals surface area contributed by atoms with Gasteiger partial charge in [0.05, 0.1) is 22.9 Å². The third kappa shape index (κ3) is 4.02. The summed E-state index contributed by atoms with van der Waals surface area (Å²) in [6.07, 6.45) is 2.07. The number of morpholine rings is 1. The number of hydrogen-bond donors (Lipinski definition) is 2. The second-order valence-corrected chi connectivity index (χ2v) is 5.72. The molecule has 1 aromatic heterocycles. The number of nitrogens with one attached hydrogen (secondary N) is 2. The third-order valence-corrected chi connectivity index (χ3v) is 3.63. The second kappa shape index (κ2) is 6.49. The van der Waals surface area contributed by atoms with Crippen LogP contribution in [0, 0.1) is 0 Å². The van der Waals surface area contributed by atoms with Gasteiger partial charge < -0.3 is 10.1 Å². The van der Waals surface area contributed by atoms with Gasteiger partial charge in [0.2, 0.25) is 0 Å². The first-order valence-corrected chi connectivity index (χ1v) is 7.20. The minimum absolute atomic E-state index is 0.140. The summed E-state index contributed by atoms with van der Waals surface area (Å²) in [6.45, 7) is 7.41. The number of rotatable bonds is 4. The Hall–Kier alpha value is -0.920. The first-order valence-electron chi connectivity index (χ1n) is 6.41. The van der Waals surface area contributed by atoms with Crippen LogP contribution in [0.2, 0.25) is 0 Å². The number of carbonyl (C=O) groups is 1. The number of aromatic amines is 1. The average Bonchev–Trinajstić information content (AvgIpc) is 2.74.